The topological polar surface area (TPSA) is 75.2 Å². The highest BCUT2D eigenvalue weighted by molar-refractivity contribution is 7.09. The van der Waals surface area contributed by atoms with Crippen LogP contribution < -0.4 is 5.32 Å². The molecule has 3 rings (SSSR count). The predicted octanol–water partition coefficient (Wildman–Crippen LogP) is 3.90. The highest BCUT2D eigenvalue weighted by atomic mass is 32.1. The van der Waals surface area contributed by atoms with Crippen LogP contribution in [0, 0.1) is 0 Å². The molecule has 1 aromatic carbocycles. The third kappa shape index (κ3) is 5.02. The van der Waals surface area contributed by atoms with E-state index in [0.29, 0.717) is 6.54 Å². The molecule has 0 aliphatic carbocycles. The van der Waals surface area contributed by atoms with Crippen molar-refractivity contribution in [2.24, 2.45) is 0 Å². The summed E-state index contributed by atoms with van der Waals surface area (Å²) in [5.41, 5.74) is 0.563. The lowest BCUT2D eigenvalue weighted by Gasteiger charge is -2.33. The van der Waals surface area contributed by atoms with Crippen molar-refractivity contribution < 1.29 is 9.59 Å². The number of carbonyl (C=O) groups is 2. The van der Waals surface area contributed by atoms with Gasteiger partial charge in [0, 0.05) is 15.8 Å². The second-order valence-electron chi connectivity index (χ2n) is 7.36. The van der Waals surface area contributed by atoms with Crippen molar-refractivity contribution in [3.63, 3.8) is 0 Å². The zero-order chi connectivity index (χ0) is 20.1. The van der Waals surface area contributed by atoms with Crippen molar-refractivity contribution in [1.82, 2.24) is 19.8 Å². The Morgan fingerprint density at radius 2 is 1.89 bits per heavy atom. The van der Waals surface area contributed by atoms with Crippen LogP contribution in [-0.4, -0.2) is 31.8 Å². The summed E-state index contributed by atoms with van der Waals surface area (Å²) in [6.45, 7) is 6.07. The summed E-state index contributed by atoms with van der Waals surface area (Å²) in [5.74, 6) is -0.549. The molecule has 2 amide bonds. The largest absolute Gasteiger partial charge is 0.349 e. The third-order valence-corrected chi connectivity index (χ3v) is 5.29. The maximum absolute atomic E-state index is 13.3. The zero-order valence-electron chi connectivity index (χ0n) is 16.0. The molecule has 3 aromatic rings. The first-order chi connectivity index (χ1) is 13.3. The average Bonchev–Trinajstić information content (AvgIpc) is 3.34. The molecule has 0 fully saturated rings. The number of nitrogens with zero attached hydrogens (tertiary/aromatic N) is 3. The van der Waals surface area contributed by atoms with Crippen molar-refractivity contribution >= 4 is 34.7 Å². The molecule has 1 N–H and O–H groups in total. The van der Waals surface area contributed by atoms with Crippen molar-refractivity contribution in [2.45, 2.75) is 38.9 Å². The van der Waals surface area contributed by atoms with Crippen LogP contribution in [0.3, 0.4) is 0 Å². The lowest BCUT2D eigenvalue weighted by Crippen LogP contribution is -2.49. The van der Waals surface area contributed by atoms with Crippen molar-refractivity contribution in [3.8, 4) is 0 Å². The minimum absolute atomic E-state index is 0.230. The van der Waals surface area contributed by atoms with Crippen LogP contribution in [-0.2, 0) is 11.3 Å². The zero-order valence-corrected chi connectivity index (χ0v) is 17.6. The van der Waals surface area contributed by atoms with Gasteiger partial charge in [-0.05, 0) is 49.3 Å². The van der Waals surface area contributed by atoms with E-state index in [1.54, 1.807) is 21.6 Å². The van der Waals surface area contributed by atoms with E-state index >= 15 is 0 Å². The van der Waals surface area contributed by atoms with Crippen LogP contribution in [0.4, 0.5) is 0 Å². The first-order valence-corrected chi connectivity index (χ1v) is 10.5. The number of aromatic nitrogens is 2. The normalized spacial score (nSPS) is 12.4. The van der Waals surface area contributed by atoms with Gasteiger partial charge in [0.1, 0.15) is 6.04 Å². The Morgan fingerprint density at radius 3 is 2.46 bits per heavy atom. The quantitative estimate of drug-likeness (QED) is 0.664. The molecular formula is C20H22N4O2S2. The monoisotopic (exact) mass is 414 g/mol. The maximum Gasteiger partial charge on any atom is 0.276 e. The minimum Gasteiger partial charge on any atom is -0.349 e. The second kappa shape index (κ2) is 8.62. The Bertz CT molecular complexity index is 904. The highest BCUT2D eigenvalue weighted by Crippen LogP contribution is 2.27. The van der Waals surface area contributed by atoms with E-state index in [1.165, 1.54) is 0 Å². The summed E-state index contributed by atoms with van der Waals surface area (Å²) < 4.78 is 3.81. The van der Waals surface area contributed by atoms with Crippen LogP contribution in [0.25, 0.3) is 0 Å². The molecule has 0 aliphatic rings. The summed E-state index contributed by atoms with van der Waals surface area (Å²) in [4.78, 5) is 29.1. The van der Waals surface area contributed by atoms with Crippen molar-refractivity contribution in [1.29, 1.82) is 0 Å². The van der Waals surface area contributed by atoms with Gasteiger partial charge in [-0.2, -0.15) is 0 Å². The summed E-state index contributed by atoms with van der Waals surface area (Å²) in [7, 11) is 0. The van der Waals surface area contributed by atoms with Gasteiger partial charge in [-0.15, -0.1) is 16.4 Å². The van der Waals surface area contributed by atoms with Gasteiger partial charge in [0.15, 0.2) is 5.69 Å². The van der Waals surface area contributed by atoms with E-state index in [0.717, 1.165) is 22.0 Å². The van der Waals surface area contributed by atoms with Crippen molar-refractivity contribution in [2.75, 3.05) is 0 Å². The predicted molar refractivity (Wildman–Crippen MR) is 111 cm³/mol. The third-order valence-electron chi connectivity index (χ3n) is 3.92. The highest BCUT2D eigenvalue weighted by Gasteiger charge is 2.34. The number of hydrogen-bond donors (Lipinski definition) is 1. The molecule has 6 nitrogen and oxygen atoms in total. The Morgan fingerprint density at radius 1 is 1.14 bits per heavy atom. The van der Waals surface area contributed by atoms with Crippen molar-refractivity contribution in [3.05, 3.63) is 69.4 Å². The van der Waals surface area contributed by atoms with Crippen LogP contribution in [0.5, 0.6) is 0 Å². The number of hydrogen-bond acceptors (Lipinski definition) is 6. The van der Waals surface area contributed by atoms with Gasteiger partial charge < -0.3 is 10.2 Å². The van der Waals surface area contributed by atoms with E-state index in [1.807, 2.05) is 68.6 Å². The number of thiophene rings is 1. The maximum atomic E-state index is 13.3. The van der Waals surface area contributed by atoms with E-state index in [4.69, 9.17) is 0 Å². The molecular weight excluding hydrogens is 392 g/mol. The first-order valence-electron chi connectivity index (χ1n) is 8.82. The molecule has 8 heteroatoms. The number of benzene rings is 1. The van der Waals surface area contributed by atoms with Crippen LogP contribution in [0.1, 0.15) is 47.7 Å². The SMILES string of the molecule is CC(C)(C)NC(=O)[C@@H](c1ccccc1)N(Cc1cccs1)C(=O)c1csnn1. The van der Waals surface area contributed by atoms with Gasteiger partial charge in [0.2, 0.25) is 5.91 Å². The number of nitrogens with one attached hydrogen (secondary N) is 1. The van der Waals surface area contributed by atoms with E-state index in [-0.39, 0.29) is 17.5 Å². The summed E-state index contributed by atoms with van der Waals surface area (Å²) >= 11 is 2.66. The number of carbonyl (C=O) groups excluding carboxylic acids is 2. The van der Waals surface area contributed by atoms with Gasteiger partial charge in [-0.3, -0.25) is 9.59 Å². The molecule has 28 heavy (non-hydrogen) atoms. The second-order valence-corrected chi connectivity index (χ2v) is 9.00. The standard InChI is InChI=1S/C20H22N4O2S2/c1-20(2,3)21-18(25)17(14-8-5-4-6-9-14)24(12-15-10-7-11-27-15)19(26)16-13-28-23-22-16/h4-11,13,17H,12H2,1-3H3,(H,21,25)/t17-/m1/s1. The summed E-state index contributed by atoms with van der Waals surface area (Å²) in [5, 5.41) is 10.5. The van der Waals surface area contributed by atoms with Gasteiger partial charge in [-0.1, -0.05) is 40.9 Å². The number of amides is 2. The number of rotatable bonds is 6. The fraction of sp³-hybridized carbons (Fsp3) is 0.300. The molecule has 1 atom stereocenters. The fourth-order valence-electron chi connectivity index (χ4n) is 2.80. The molecule has 146 valence electrons. The van der Waals surface area contributed by atoms with Crippen LogP contribution in [0.15, 0.2) is 53.2 Å². The molecule has 0 saturated carbocycles. The molecule has 0 bridgehead atoms. The Labute approximate surface area is 172 Å². The lowest BCUT2D eigenvalue weighted by molar-refractivity contribution is -0.127. The van der Waals surface area contributed by atoms with Gasteiger partial charge in [0.25, 0.3) is 5.91 Å². The lowest BCUT2D eigenvalue weighted by atomic mass is 10.0. The van der Waals surface area contributed by atoms with Gasteiger partial charge in [0.05, 0.1) is 6.54 Å². The minimum atomic E-state index is -0.781. The molecule has 0 unspecified atom stereocenters. The first kappa shape index (κ1) is 20.2. The van der Waals surface area contributed by atoms with E-state index in [9.17, 15) is 9.59 Å². The van der Waals surface area contributed by atoms with E-state index < -0.39 is 11.6 Å². The Kier molecular flexibility index (Phi) is 6.21. The average molecular weight is 415 g/mol. The van der Waals surface area contributed by atoms with Crippen LogP contribution in [0.2, 0.25) is 0 Å². The molecule has 2 heterocycles. The van der Waals surface area contributed by atoms with Crippen LogP contribution >= 0.6 is 22.9 Å². The molecule has 2 aromatic heterocycles. The Hall–Kier alpha value is -2.58. The van der Waals surface area contributed by atoms with Gasteiger partial charge >= 0.3 is 0 Å². The smallest absolute Gasteiger partial charge is 0.276 e. The van der Waals surface area contributed by atoms with E-state index in [2.05, 4.69) is 14.9 Å². The summed E-state index contributed by atoms with van der Waals surface area (Å²) in [6, 6.07) is 12.4. The molecule has 0 saturated heterocycles. The molecule has 0 aliphatic heterocycles. The summed E-state index contributed by atoms with van der Waals surface area (Å²) in [6.07, 6.45) is 0. The molecule has 0 radical (unpaired) electrons. The Balaban J connectivity index is 2.04. The molecule has 0 spiro atoms. The van der Waals surface area contributed by atoms with Gasteiger partial charge in [-0.25, -0.2) is 0 Å². The fourth-order valence-corrected chi connectivity index (χ4v) is 3.93.